The first-order chi connectivity index (χ1) is 14.1. The largest absolute Gasteiger partial charge is 0.381 e. The van der Waals surface area contributed by atoms with Crippen LogP contribution in [0.4, 0.5) is 5.69 Å². The SMILES string of the molecule is O=C(CCC1Cc2ccccc2NC1=O)NC1(c2cccc(Br)c2)CCOCC1. The molecule has 0 saturated carbocycles. The number of hydrogen-bond acceptors (Lipinski definition) is 3. The highest BCUT2D eigenvalue weighted by Gasteiger charge is 2.36. The Kier molecular flexibility index (Phi) is 6.01. The third-order valence-electron chi connectivity index (χ3n) is 5.93. The monoisotopic (exact) mass is 456 g/mol. The van der Waals surface area contributed by atoms with Crippen molar-refractivity contribution in [1.82, 2.24) is 5.32 Å². The summed E-state index contributed by atoms with van der Waals surface area (Å²) in [5.74, 6) is -0.185. The Bertz CT molecular complexity index is 909. The van der Waals surface area contributed by atoms with Gasteiger partial charge >= 0.3 is 0 Å². The first-order valence-corrected chi connectivity index (χ1v) is 10.9. The first kappa shape index (κ1) is 20.1. The fraction of sp³-hybridized carbons (Fsp3) is 0.391. The number of benzene rings is 2. The van der Waals surface area contributed by atoms with Gasteiger partial charge in [-0.2, -0.15) is 0 Å². The number of carbonyl (C=O) groups is 2. The number of rotatable bonds is 5. The third kappa shape index (κ3) is 4.54. The number of para-hydroxylation sites is 1. The molecule has 0 radical (unpaired) electrons. The highest BCUT2D eigenvalue weighted by Crippen LogP contribution is 2.34. The summed E-state index contributed by atoms with van der Waals surface area (Å²) in [6.07, 6.45) is 3.03. The average Bonchev–Trinajstić information content (AvgIpc) is 2.73. The van der Waals surface area contributed by atoms with E-state index in [4.69, 9.17) is 4.74 Å². The van der Waals surface area contributed by atoms with Gasteiger partial charge in [0.15, 0.2) is 0 Å². The van der Waals surface area contributed by atoms with Crippen LogP contribution >= 0.6 is 15.9 Å². The van der Waals surface area contributed by atoms with E-state index in [-0.39, 0.29) is 17.7 Å². The molecule has 29 heavy (non-hydrogen) atoms. The zero-order chi connectivity index (χ0) is 20.3. The molecule has 2 heterocycles. The van der Waals surface area contributed by atoms with E-state index >= 15 is 0 Å². The van der Waals surface area contributed by atoms with E-state index in [2.05, 4.69) is 38.7 Å². The molecule has 2 N–H and O–H groups in total. The van der Waals surface area contributed by atoms with Crippen LogP contribution in [0.3, 0.4) is 0 Å². The number of carbonyl (C=O) groups excluding carboxylic acids is 2. The van der Waals surface area contributed by atoms with Crippen LogP contribution < -0.4 is 10.6 Å². The average molecular weight is 457 g/mol. The molecule has 0 aromatic heterocycles. The lowest BCUT2D eigenvalue weighted by atomic mass is 9.82. The van der Waals surface area contributed by atoms with Crippen molar-refractivity contribution in [1.29, 1.82) is 0 Å². The van der Waals surface area contributed by atoms with Crippen molar-refractivity contribution in [3.8, 4) is 0 Å². The normalized spacial score (nSPS) is 20.4. The van der Waals surface area contributed by atoms with Crippen molar-refractivity contribution in [2.75, 3.05) is 18.5 Å². The summed E-state index contributed by atoms with van der Waals surface area (Å²) in [6.45, 7) is 1.24. The summed E-state index contributed by atoms with van der Waals surface area (Å²) in [7, 11) is 0. The third-order valence-corrected chi connectivity index (χ3v) is 6.43. The van der Waals surface area contributed by atoms with Crippen LogP contribution in [0.2, 0.25) is 0 Å². The second-order valence-corrected chi connectivity index (χ2v) is 8.75. The number of amides is 2. The van der Waals surface area contributed by atoms with Crippen molar-refractivity contribution in [2.45, 2.75) is 37.6 Å². The number of fused-ring (bicyclic) bond motifs is 1. The second-order valence-electron chi connectivity index (χ2n) is 7.84. The van der Waals surface area contributed by atoms with Crippen molar-refractivity contribution < 1.29 is 14.3 Å². The number of anilines is 1. The predicted molar refractivity (Wildman–Crippen MR) is 116 cm³/mol. The molecular formula is C23H25BrN2O3. The minimum atomic E-state index is -0.416. The molecule has 2 aromatic rings. The topological polar surface area (TPSA) is 67.4 Å². The Hall–Kier alpha value is -2.18. The molecule has 0 bridgehead atoms. The van der Waals surface area contributed by atoms with Crippen molar-refractivity contribution in [3.63, 3.8) is 0 Å². The van der Waals surface area contributed by atoms with Crippen LogP contribution in [-0.2, 0) is 26.3 Å². The van der Waals surface area contributed by atoms with E-state index in [1.165, 1.54) is 0 Å². The molecule has 1 fully saturated rings. The second kappa shape index (κ2) is 8.67. The fourth-order valence-corrected chi connectivity index (χ4v) is 4.67. The van der Waals surface area contributed by atoms with Crippen LogP contribution in [0, 0.1) is 5.92 Å². The van der Waals surface area contributed by atoms with Crippen LogP contribution in [-0.4, -0.2) is 25.0 Å². The van der Waals surface area contributed by atoms with Gasteiger partial charge in [-0.05, 0) is 55.0 Å². The van der Waals surface area contributed by atoms with Gasteiger partial charge in [0, 0.05) is 35.7 Å². The molecule has 0 spiro atoms. The zero-order valence-electron chi connectivity index (χ0n) is 16.2. The van der Waals surface area contributed by atoms with Gasteiger partial charge in [0.05, 0.1) is 5.54 Å². The van der Waals surface area contributed by atoms with E-state index in [1.54, 1.807) is 0 Å². The molecule has 0 aliphatic carbocycles. The van der Waals surface area contributed by atoms with Crippen LogP contribution in [0.25, 0.3) is 0 Å². The lowest BCUT2D eigenvalue weighted by Gasteiger charge is -2.39. The van der Waals surface area contributed by atoms with Crippen LogP contribution in [0.1, 0.15) is 36.8 Å². The van der Waals surface area contributed by atoms with Gasteiger partial charge in [0.1, 0.15) is 0 Å². The predicted octanol–water partition coefficient (Wildman–Crippen LogP) is 4.16. The Morgan fingerprint density at radius 3 is 2.76 bits per heavy atom. The molecule has 152 valence electrons. The van der Waals surface area contributed by atoms with Gasteiger partial charge in [-0.15, -0.1) is 0 Å². The molecule has 1 saturated heterocycles. The van der Waals surface area contributed by atoms with Gasteiger partial charge in [-0.3, -0.25) is 9.59 Å². The first-order valence-electron chi connectivity index (χ1n) is 10.1. The molecule has 2 aliphatic rings. The number of halogens is 1. The van der Waals surface area contributed by atoms with Crippen molar-refractivity contribution >= 4 is 33.4 Å². The summed E-state index contributed by atoms with van der Waals surface area (Å²) in [5, 5.41) is 6.24. The standard InChI is InChI=1S/C23H25BrN2O3/c24-19-6-3-5-18(15-19)23(10-12-29-13-11-23)26-21(27)9-8-17-14-16-4-1-2-7-20(16)25-22(17)28/h1-7,15,17H,8-14H2,(H,25,28)(H,26,27). The van der Waals surface area contributed by atoms with Crippen LogP contribution in [0.15, 0.2) is 53.0 Å². The molecule has 2 aliphatic heterocycles. The maximum Gasteiger partial charge on any atom is 0.227 e. The van der Waals surface area contributed by atoms with E-state index in [9.17, 15) is 9.59 Å². The van der Waals surface area contributed by atoms with Gasteiger partial charge in [-0.1, -0.05) is 46.3 Å². The fourth-order valence-electron chi connectivity index (χ4n) is 4.27. The minimum Gasteiger partial charge on any atom is -0.381 e. The van der Waals surface area contributed by atoms with Crippen molar-refractivity contribution in [3.05, 3.63) is 64.1 Å². The summed E-state index contributed by atoms with van der Waals surface area (Å²) in [5.41, 5.74) is 2.69. The quantitative estimate of drug-likeness (QED) is 0.709. The summed E-state index contributed by atoms with van der Waals surface area (Å²) in [4.78, 5) is 25.3. The smallest absolute Gasteiger partial charge is 0.227 e. The number of nitrogens with one attached hydrogen (secondary N) is 2. The lowest BCUT2D eigenvalue weighted by molar-refractivity contribution is -0.125. The Balaban J connectivity index is 1.42. The van der Waals surface area contributed by atoms with Gasteiger partial charge < -0.3 is 15.4 Å². The molecule has 1 unspecified atom stereocenters. The van der Waals surface area contributed by atoms with E-state index < -0.39 is 5.54 Å². The van der Waals surface area contributed by atoms with Gasteiger partial charge in [-0.25, -0.2) is 0 Å². The Morgan fingerprint density at radius 1 is 1.17 bits per heavy atom. The molecule has 2 aromatic carbocycles. The highest BCUT2D eigenvalue weighted by atomic mass is 79.9. The minimum absolute atomic E-state index is 0.00395. The van der Waals surface area contributed by atoms with Crippen molar-refractivity contribution in [2.24, 2.45) is 5.92 Å². The Labute approximate surface area is 179 Å². The molecule has 5 nitrogen and oxygen atoms in total. The molecule has 6 heteroatoms. The molecule has 2 amide bonds. The summed E-state index contributed by atoms with van der Waals surface area (Å²) in [6, 6.07) is 16.0. The summed E-state index contributed by atoms with van der Waals surface area (Å²) >= 11 is 3.53. The molecule has 4 rings (SSSR count). The lowest BCUT2D eigenvalue weighted by Crippen LogP contribution is -2.49. The maximum absolute atomic E-state index is 12.9. The van der Waals surface area contributed by atoms with E-state index in [0.29, 0.717) is 32.5 Å². The van der Waals surface area contributed by atoms with Gasteiger partial charge in [0.25, 0.3) is 0 Å². The molecular weight excluding hydrogens is 432 g/mol. The highest BCUT2D eigenvalue weighted by molar-refractivity contribution is 9.10. The van der Waals surface area contributed by atoms with Gasteiger partial charge in [0.2, 0.25) is 11.8 Å². The number of hydrogen-bond donors (Lipinski definition) is 2. The maximum atomic E-state index is 12.9. The number of ether oxygens (including phenoxy) is 1. The Morgan fingerprint density at radius 2 is 1.97 bits per heavy atom. The molecule has 1 atom stereocenters. The summed E-state index contributed by atoms with van der Waals surface area (Å²) < 4.78 is 6.54. The van der Waals surface area contributed by atoms with E-state index in [1.807, 2.05) is 36.4 Å². The van der Waals surface area contributed by atoms with E-state index in [0.717, 1.165) is 34.1 Å². The zero-order valence-corrected chi connectivity index (χ0v) is 17.8. The van der Waals surface area contributed by atoms with Crippen LogP contribution in [0.5, 0.6) is 0 Å².